The average molecular weight is 352 g/mol. The van der Waals surface area contributed by atoms with Gasteiger partial charge in [0.25, 0.3) is 0 Å². The maximum Gasteiger partial charge on any atom is 0.465 e. The van der Waals surface area contributed by atoms with Gasteiger partial charge in [-0.15, -0.1) is 0 Å². The molecule has 0 aromatic rings. The van der Waals surface area contributed by atoms with Gasteiger partial charge in [-0.05, 0) is 43.4 Å². The molecule has 0 amide bonds. The number of hydrogen-bond donors (Lipinski definition) is 2. The highest BCUT2D eigenvalue weighted by atomic mass is 32.2. The van der Waals surface area contributed by atoms with Gasteiger partial charge in [0.2, 0.25) is 0 Å². The molecule has 2 N–H and O–H groups in total. The number of ether oxygens (including phenoxy) is 1. The van der Waals surface area contributed by atoms with Crippen molar-refractivity contribution in [1.82, 2.24) is 0 Å². The molecule has 2 fully saturated rings. The third-order valence-electron chi connectivity index (χ3n) is 5.22. The molecule has 0 heterocycles. The molecule has 130 valence electrons. The predicted octanol–water partition coefficient (Wildman–Crippen LogP) is 1.51. The van der Waals surface area contributed by atoms with Gasteiger partial charge in [0.05, 0.1) is 6.61 Å². The van der Waals surface area contributed by atoms with Crippen LogP contribution < -0.4 is 0 Å². The van der Waals surface area contributed by atoms with E-state index in [1.165, 1.54) is 0 Å². The lowest BCUT2D eigenvalue weighted by Gasteiger charge is -2.57. The van der Waals surface area contributed by atoms with Crippen molar-refractivity contribution >= 4 is 16.1 Å². The van der Waals surface area contributed by atoms with E-state index in [1.807, 2.05) is 0 Å². The minimum atomic E-state index is -5.86. The molecule has 4 aliphatic rings. The number of rotatable bonds is 5. The summed E-state index contributed by atoms with van der Waals surface area (Å²) in [6, 6.07) is 0. The first-order valence-electron chi connectivity index (χ1n) is 7.34. The number of aliphatic hydroxyl groups excluding tert-OH is 1. The molecule has 4 aliphatic carbocycles. The summed E-state index contributed by atoms with van der Waals surface area (Å²) < 4.78 is 60.7. The van der Waals surface area contributed by atoms with Crippen LogP contribution in [0.3, 0.4) is 0 Å². The lowest BCUT2D eigenvalue weighted by atomic mass is 9.48. The smallest absolute Gasteiger partial charge is 0.460 e. The van der Waals surface area contributed by atoms with Gasteiger partial charge in [0.1, 0.15) is 0 Å². The number of alkyl halides is 2. The molecule has 0 saturated heterocycles. The molecule has 3 unspecified atom stereocenters. The Labute approximate surface area is 132 Å². The molecule has 0 aromatic heterocycles. The second kappa shape index (κ2) is 4.97. The fourth-order valence-electron chi connectivity index (χ4n) is 4.73. The predicted molar refractivity (Wildman–Crippen MR) is 74.1 cm³/mol. The van der Waals surface area contributed by atoms with Crippen LogP contribution in [0.25, 0.3) is 0 Å². The van der Waals surface area contributed by atoms with Gasteiger partial charge >= 0.3 is 21.3 Å². The molecular formula is C14H18F2O6S. The van der Waals surface area contributed by atoms with Crippen molar-refractivity contribution in [2.45, 2.75) is 37.4 Å². The van der Waals surface area contributed by atoms with Crippen LogP contribution in [0.1, 0.15) is 32.1 Å². The summed E-state index contributed by atoms with van der Waals surface area (Å²) in [5.74, 6) is -2.04. The number of esters is 1. The van der Waals surface area contributed by atoms with E-state index < -0.39 is 26.8 Å². The van der Waals surface area contributed by atoms with Crippen molar-refractivity contribution in [3.8, 4) is 0 Å². The third kappa shape index (κ3) is 2.68. The first-order valence-corrected chi connectivity index (χ1v) is 8.78. The van der Waals surface area contributed by atoms with Crippen LogP contribution in [0.4, 0.5) is 8.78 Å². The molecule has 4 bridgehead atoms. The number of carbonyl (C=O) groups excluding carboxylic acids is 1. The van der Waals surface area contributed by atoms with Crippen molar-refractivity contribution < 1.29 is 36.4 Å². The van der Waals surface area contributed by atoms with E-state index in [0.29, 0.717) is 19.3 Å². The van der Waals surface area contributed by atoms with E-state index >= 15 is 0 Å². The Bertz CT molecular complexity index is 673. The second-order valence-electron chi connectivity index (χ2n) is 7.25. The standard InChI is InChI=1S/C14H18F2O6S/c15-14(16,23(19,20)21)11(18)22-8-13-4-9-1-10(5-13)3-12(2-9,6-13)7-17/h1,9,17H,2-8H2,(H,19,20,21). The highest BCUT2D eigenvalue weighted by molar-refractivity contribution is 7.87. The lowest BCUT2D eigenvalue weighted by molar-refractivity contribution is -0.170. The van der Waals surface area contributed by atoms with E-state index in [9.17, 15) is 27.1 Å². The molecule has 4 rings (SSSR count). The van der Waals surface area contributed by atoms with Crippen LogP contribution in [0.2, 0.25) is 0 Å². The lowest BCUT2D eigenvalue weighted by Crippen LogP contribution is -2.52. The Morgan fingerprint density at radius 1 is 1.35 bits per heavy atom. The number of allylic oxidation sites excluding steroid dienone is 2. The maximum absolute atomic E-state index is 13.3. The van der Waals surface area contributed by atoms with Crippen LogP contribution in [0, 0.1) is 16.7 Å². The number of carbonyl (C=O) groups is 1. The summed E-state index contributed by atoms with van der Waals surface area (Å²) in [6.45, 7) is -0.357. The van der Waals surface area contributed by atoms with Crippen LogP contribution in [-0.4, -0.2) is 42.5 Å². The van der Waals surface area contributed by atoms with Gasteiger partial charge in [0.15, 0.2) is 0 Å². The number of hydrogen-bond acceptors (Lipinski definition) is 5. The molecule has 9 heteroatoms. The van der Waals surface area contributed by atoms with Crippen LogP contribution in [-0.2, 0) is 19.6 Å². The summed E-state index contributed by atoms with van der Waals surface area (Å²) in [5, 5.41) is 4.72. The molecule has 0 aliphatic heterocycles. The third-order valence-corrected chi connectivity index (χ3v) is 6.04. The van der Waals surface area contributed by atoms with Crippen molar-refractivity contribution in [3.05, 3.63) is 11.6 Å². The van der Waals surface area contributed by atoms with E-state index in [4.69, 9.17) is 4.55 Å². The summed E-state index contributed by atoms with van der Waals surface area (Å²) in [7, 11) is -5.86. The normalized spacial score (nSPS) is 36.0. The second-order valence-corrected chi connectivity index (χ2v) is 8.71. The van der Waals surface area contributed by atoms with Gasteiger partial charge in [-0.2, -0.15) is 17.2 Å². The van der Waals surface area contributed by atoms with Gasteiger partial charge < -0.3 is 9.84 Å². The fraction of sp³-hybridized carbons (Fsp3) is 0.786. The van der Waals surface area contributed by atoms with E-state index in [-0.39, 0.29) is 24.5 Å². The first-order chi connectivity index (χ1) is 10.5. The molecule has 23 heavy (non-hydrogen) atoms. The first kappa shape index (κ1) is 16.8. The fourth-order valence-corrected chi connectivity index (χ4v) is 5.00. The Hall–Kier alpha value is -1.06. The van der Waals surface area contributed by atoms with Crippen molar-refractivity contribution in [1.29, 1.82) is 0 Å². The Kier molecular flexibility index (Phi) is 3.63. The van der Waals surface area contributed by atoms with E-state index in [0.717, 1.165) is 18.4 Å². The van der Waals surface area contributed by atoms with E-state index in [1.54, 1.807) is 0 Å². The Morgan fingerprint density at radius 2 is 1.96 bits per heavy atom. The van der Waals surface area contributed by atoms with E-state index in [2.05, 4.69) is 10.8 Å². The van der Waals surface area contributed by atoms with Crippen molar-refractivity contribution in [3.63, 3.8) is 0 Å². The SMILES string of the molecule is O=C(OCC12CC3=CC(CC(CO)(C3)C1)C2)C(F)(F)S(=O)(=O)O. The van der Waals surface area contributed by atoms with Gasteiger partial charge in [0, 0.05) is 12.0 Å². The molecular weight excluding hydrogens is 334 g/mol. The zero-order valence-electron chi connectivity index (χ0n) is 12.3. The van der Waals surface area contributed by atoms with Crippen molar-refractivity contribution in [2.75, 3.05) is 13.2 Å². The largest absolute Gasteiger partial charge is 0.465 e. The Morgan fingerprint density at radius 3 is 2.52 bits per heavy atom. The van der Waals surface area contributed by atoms with Crippen molar-refractivity contribution in [2.24, 2.45) is 16.7 Å². The Balaban J connectivity index is 1.74. The summed E-state index contributed by atoms with van der Waals surface area (Å²) in [5.41, 5.74) is 0.285. The number of aliphatic hydroxyl groups is 1. The molecule has 0 aromatic carbocycles. The van der Waals surface area contributed by atoms with Gasteiger partial charge in [-0.1, -0.05) is 11.6 Å². The van der Waals surface area contributed by atoms with Gasteiger partial charge in [-0.3, -0.25) is 4.55 Å². The highest BCUT2D eigenvalue weighted by Crippen LogP contribution is 2.62. The monoisotopic (exact) mass is 352 g/mol. The molecule has 2 saturated carbocycles. The number of halogens is 2. The minimum absolute atomic E-state index is 0.0162. The maximum atomic E-state index is 13.3. The molecule has 0 spiro atoms. The van der Waals surface area contributed by atoms with Crippen LogP contribution in [0.15, 0.2) is 11.6 Å². The molecule has 3 atom stereocenters. The average Bonchev–Trinajstić information content (AvgIpc) is 2.42. The summed E-state index contributed by atoms with van der Waals surface area (Å²) in [6.07, 6.45) is 5.52. The highest BCUT2D eigenvalue weighted by Gasteiger charge is 2.57. The molecule has 6 nitrogen and oxygen atoms in total. The van der Waals surface area contributed by atoms with Gasteiger partial charge in [-0.25, -0.2) is 4.79 Å². The quantitative estimate of drug-likeness (QED) is 0.442. The molecule has 0 radical (unpaired) electrons. The topological polar surface area (TPSA) is 101 Å². The zero-order valence-corrected chi connectivity index (χ0v) is 13.1. The summed E-state index contributed by atoms with van der Waals surface area (Å²) >= 11 is 0. The van der Waals surface area contributed by atoms with Crippen LogP contribution >= 0.6 is 0 Å². The summed E-state index contributed by atoms with van der Waals surface area (Å²) in [4.78, 5) is 11.4. The zero-order chi connectivity index (χ0) is 17.1. The van der Waals surface area contributed by atoms with Crippen LogP contribution in [0.5, 0.6) is 0 Å². The minimum Gasteiger partial charge on any atom is -0.460 e.